The fraction of sp³-hybridized carbons (Fsp3) is 0.294. The van der Waals surface area contributed by atoms with Crippen molar-refractivity contribution in [2.45, 2.75) is 6.92 Å². The molecule has 1 fully saturated rings. The maximum Gasteiger partial charge on any atom is 0.269 e. The maximum absolute atomic E-state index is 10.8. The highest BCUT2D eigenvalue weighted by molar-refractivity contribution is 5.58. The van der Waals surface area contributed by atoms with E-state index in [2.05, 4.69) is 20.9 Å². The van der Waals surface area contributed by atoms with E-state index >= 15 is 0 Å². The van der Waals surface area contributed by atoms with Gasteiger partial charge in [0.05, 0.1) is 10.5 Å². The van der Waals surface area contributed by atoms with Crippen LogP contribution >= 0.6 is 0 Å². The number of aromatic nitrogens is 1. The standard InChI is InChI=1S/C17H17N5O2/c1-13-10-15(22(23)24)3-4-16(13)20-6-8-21(9-7-20)17-5-2-14(11-18)12-19-17/h2-5,10,12H,6-9H2,1H3. The van der Waals surface area contributed by atoms with Gasteiger partial charge in [-0.1, -0.05) is 0 Å². The van der Waals surface area contributed by atoms with E-state index in [4.69, 9.17) is 5.26 Å². The fourth-order valence-electron chi connectivity index (χ4n) is 2.92. The summed E-state index contributed by atoms with van der Waals surface area (Å²) in [6, 6.07) is 10.7. The van der Waals surface area contributed by atoms with E-state index in [0.29, 0.717) is 5.56 Å². The summed E-state index contributed by atoms with van der Waals surface area (Å²) in [5.41, 5.74) is 2.62. The molecule has 0 amide bonds. The van der Waals surface area contributed by atoms with Crippen LogP contribution in [0.15, 0.2) is 36.5 Å². The van der Waals surface area contributed by atoms with Crippen molar-refractivity contribution in [1.82, 2.24) is 4.98 Å². The second kappa shape index (κ2) is 6.54. The smallest absolute Gasteiger partial charge is 0.269 e. The van der Waals surface area contributed by atoms with E-state index in [1.54, 1.807) is 24.4 Å². The first kappa shape index (κ1) is 15.7. The Morgan fingerprint density at radius 2 is 1.88 bits per heavy atom. The summed E-state index contributed by atoms with van der Waals surface area (Å²) in [6.07, 6.45) is 1.59. The molecule has 0 saturated carbocycles. The second-order valence-corrected chi connectivity index (χ2v) is 5.72. The van der Waals surface area contributed by atoms with Crippen LogP contribution in [0.4, 0.5) is 17.2 Å². The number of piperazine rings is 1. The molecular weight excluding hydrogens is 306 g/mol. The molecule has 122 valence electrons. The molecule has 2 heterocycles. The number of nitrogens with zero attached hydrogens (tertiary/aromatic N) is 5. The molecular formula is C17H17N5O2. The van der Waals surface area contributed by atoms with Crippen LogP contribution in [0.25, 0.3) is 0 Å². The Labute approximate surface area is 139 Å². The van der Waals surface area contributed by atoms with E-state index in [-0.39, 0.29) is 10.6 Å². The minimum Gasteiger partial charge on any atom is -0.368 e. The number of nitro groups is 1. The number of non-ortho nitro benzene ring substituents is 1. The first-order valence-electron chi connectivity index (χ1n) is 7.69. The molecule has 3 rings (SSSR count). The average molecular weight is 323 g/mol. The highest BCUT2D eigenvalue weighted by Gasteiger charge is 2.20. The van der Waals surface area contributed by atoms with Crippen molar-refractivity contribution in [1.29, 1.82) is 5.26 Å². The van der Waals surface area contributed by atoms with Gasteiger partial charge in [0, 0.05) is 50.2 Å². The lowest BCUT2D eigenvalue weighted by Gasteiger charge is -2.37. The number of hydrogen-bond donors (Lipinski definition) is 0. The minimum absolute atomic E-state index is 0.122. The van der Waals surface area contributed by atoms with Gasteiger partial charge in [-0.05, 0) is 30.7 Å². The maximum atomic E-state index is 10.8. The van der Waals surface area contributed by atoms with Crippen molar-refractivity contribution in [3.63, 3.8) is 0 Å². The summed E-state index contributed by atoms with van der Waals surface area (Å²) in [5.74, 6) is 0.870. The first-order chi connectivity index (χ1) is 11.6. The van der Waals surface area contributed by atoms with Gasteiger partial charge >= 0.3 is 0 Å². The van der Waals surface area contributed by atoms with Crippen LogP contribution in [-0.4, -0.2) is 36.1 Å². The number of hydrogen-bond acceptors (Lipinski definition) is 6. The number of pyridine rings is 1. The molecule has 1 aliphatic heterocycles. The topological polar surface area (TPSA) is 86.3 Å². The molecule has 0 bridgehead atoms. The molecule has 1 aliphatic rings. The highest BCUT2D eigenvalue weighted by Crippen LogP contribution is 2.26. The Balaban J connectivity index is 1.68. The SMILES string of the molecule is Cc1cc([N+](=O)[O-])ccc1N1CCN(c2ccc(C#N)cn2)CC1. The zero-order chi connectivity index (χ0) is 17.1. The minimum atomic E-state index is -0.370. The summed E-state index contributed by atoms with van der Waals surface area (Å²) in [5, 5.41) is 19.7. The van der Waals surface area contributed by atoms with E-state index < -0.39 is 0 Å². The molecule has 7 heteroatoms. The summed E-state index contributed by atoms with van der Waals surface area (Å²) >= 11 is 0. The van der Waals surface area contributed by atoms with Crippen molar-refractivity contribution in [3.8, 4) is 6.07 Å². The predicted octanol–water partition coefficient (Wildman–Crippen LogP) is 2.50. The molecule has 0 radical (unpaired) electrons. The van der Waals surface area contributed by atoms with Crippen molar-refractivity contribution in [2.24, 2.45) is 0 Å². The lowest BCUT2D eigenvalue weighted by atomic mass is 10.1. The van der Waals surface area contributed by atoms with Gasteiger partial charge in [-0.2, -0.15) is 5.26 Å². The third kappa shape index (κ3) is 3.13. The molecule has 0 atom stereocenters. The van der Waals surface area contributed by atoms with E-state index in [1.807, 2.05) is 19.1 Å². The molecule has 0 unspecified atom stereocenters. The Kier molecular flexibility index (Phi) is 4.29. The Morgan fingerprint density at radius 3 is 2.42 bits per heavy atom. The molecule has 7 nitrogen and oxygen atoms in total. The summed E-state index contributed by atoms with van der Waals surface area (Å²) < 4.78 is 0. The Bertz CT molecular complexity index is 790. The van der Waals surface area contributed by atoms with Gasteiger partial charge < -0.3 is 9.80 Å². The van der Waals surface area contributed by atoms with Crippen molar-refractivity contribution < 1.29 is 4.92 Å². The number of aryl methyl sites for hydroxylation is 1. The highest BCUT2D eigenvalue weighted by atomic mass is 16.6. The Morgan fingerprint density at radius 1 is 1.17 bits per heavy atom. The van der Waals surface area contributed by atoms with Crippen LogP contribution in [0.1, 0.15) is 11.1 Å². The molecule has 2 aromatic rings. The number of nitriles is 1. The van der Waals surface area contributed by atoms with Crippen LogP contribution in [0, 0.1) is 28.4 Å². The molecule has 24 heavy (non-hydrogen) atoms. The monoisotopic (exact) mass is 323 g/mol. The summed E-state index contributed by atoms with van der Waals surface area (Å²) in [4.78, 5) is 19.2. The molecule has 1 saturated heterocycles. The average Bonchev–Trinajstić information content (AvgIpc) is 2.62. The largest absolute Gasteiger partial charge is 0.368 e. The first-order valence-corrected chi connectivity index (χ1v) is 7.69. The zero-order valence-electron chi connectivity index (χ0n) is 13.3. The van der Waals surface area contributed by atoms with Gasteiger partial charge in [0.1, 0.15) is 11.9 Å². The fourth-order valence-corrected chi connectivity index (χ4v) is 2.92. The van der Waals surface area contributed by atoms with Gasteiger partial charge in [0.2, 0.25) is 0 Å². The van der Waals surface area contributed by atoms with Crippen molar-refractivity contribution in [2.75, 3.05) is 36.0 Å². The molecule has 1 aromatic heterocycles. The summed E-state index contributed by atoms with van der Waals surface area (Å²) in [6.45, 7) is 5.17. The van der Waals surface area contributed by atoms with Crippen LogP contribution < -0.4 is 9.80 Å². The van der Waals surface area contributed by atoms with E-state index in [9.17, 15) is 10.1 Å². The van der Waals surface area contributed by atoms with Crippen molar-refractivity contribution in [3.05, 3.63) is 57.8 Å². The van der Waals surface area contributed by atoms with E-state index in [1.165, 1.54) is 0 Å². The van der Waals surface area contributed by atoms with Gasteiger partial charge in [-0.25, -0.2) is 4.98 Å². The quantitative estimate of drug-likeness (QED) is 0.637. The second-order valence-electron chi connectivity index (χ2n) is 5.72. The number of benzene rings is 1. The number of nitro benzene ring substituents is 1. The van der Waals surface area contributed by atoms with Crippen LogP contribution in [0.3, 0.4) is 0 Å². The normalized spacial score (nSPS) is 14.3. The summed E-state index contributed by atoms with van der Waals surface area (Å²) in [7, 11) is 0. The van der Waals surface area contributed by atoms with Crippen molar-refractivity contribution >= 4 is 17.2 Å². The molecule has 0 aliphatic carbocycles. The number of anilines is 2. The van der Waals surface area contributed by atoms with Gasteiger partial charge in [-0.3, -0.25) is 10.1 Å². The molecule has 0 N–H and O–H groups in total. The van der Waals surface area contributed by atoms with Gasteiger partial charge in [0.15, 0.2) is 0 Å². The lowest BCUT2D eigenvalue weighted by Crippen LogP contribution is -2.47. The van der Waals surface area contributed by atoms with E-state index in [0.717, 1.165) is 43.2 Å². The van der Waals surface area contributed by atoms with Gasteiger partial charge in [0.25, 0.3) is 5.69 Å². The van der Waals surface area contributed by atoms with Crippen LogP contribution in [0.5, 0.6) is 0 Å². The number of rotatable bonds is 3. The van der Waals surface area contributed by atoms with Gasteiger partial charge in [-0.15, -0.1) is 0 Å². The predicted molar refractivity (Wildman–Crippen MR) is 91.2 cm³/mol. The zero-order valence-corrected chi connectivity index (χ0v) is 13.3. The third-order valence-electron chi connectivity index (χ3n) is 4.21. The Hall–Kier alpha value is -3.14. The molecule has 1 aromatic carbocycles. The molecule has 0 spiro atoms. The van der Waals surface area contributed by atoms with Crippen LogP contribution in [0.2, 0.25) is 0 Å². The third-order valence-corrected chi connectivity index (χ3v) is 4.21. The lowest BCUT2D eigenvalue weighted by molar-refractivity contribution is -0.384. The van der Waals surface area contributed by atoms with Crippen LogP contribution in [-0.2, 0) is 0 Å².